The van der Waals surface area contributed by atoms with Gasteiger partial charge in [-0.2, -0.15) is 0 Å². The molecule has 0 fully saturated rings. The second kappa shape index (κ2) is 6.19. The minimum atomic E-state index is -0.497. The monoisotopic (exact) mass is 239 g/mol. The van der Waals surface area contributed by atoms with E-state index in [1.165, 1.54) is 18.2 Å². The fourth-order valence-electron chi connectivity index (χ4n) is 1.09. The second-order valence-electron chi connectivity index (χ2n) is 2.78. The molecule has 0 aliphatic rings. The topological polar surface area (TPSA) is 46.2 Å². The molecule has 0 spiro atoms. The Labute approximate surface area is 93.3 Å². The van der Waals surface area contributed by atoms with Crippen molar-refractivity contribution in [1.82, 2.24) is 0 Å². The van der Waals surface area contributed by atoms with Gasteiger partial charge in [0.1, 0.15) is 5.82 Å². The summed E-state index contributed by atoms with van der Waals surface area (Å²) in [5, 5.41) is 9.07. The predicted molar refractivity (Wildman–Crippen MR) is 57.3 cm³/mol. The van der Waals surface area contributed by atoms with E-state index in [9.17, 15) is 4.39 Å². The lowest BCUT2D eigenvalue weighted by atomic mass is 10.0. The van der Waals surface area contributed by atoms with E-state index in [0.29, 0.717) is 17.0 Å². The first-order valence-electron chi connectivity index (χ1n) is 3.96. The molecule has 0 radical (unpaired) electrons. The third-order valence-corrected chi connectivity index (χ3v) is 2.03. The van der Waals surface area contributed by atoms with Gasteiger partial charge in [-0.3, -0.25) is 0 Å². The number of benzene rings is 1. The zero-order valence-corrected chi connectivity index (χ0v) is 8.98. The number of nitrogens with two attached hydrogens (primary N) is 1. The highest BCUT2D eigenvalue weighted by molar-refractivity contribution is 6.30. The summed E-state index contributed by atoms with van der Waals surface area (Å²) >= 11 is 5.68. The maximum absolute atomic E-state index is 13.1. The van der Waals surface area contributed by atoms with Crippen LogP contribution in [-0.2, 0) is 0 Å². The lowest BCUT2D eigenvalue weighted by Gasteiger charge is -2.11. The number of rotatable bonds is 3. The summed E-state index contributed by atoms with van der Waals surface area (Å²) in [5.41, 5.74) is 5.97. The van der Waals surface area contributed by atoms with Crippen molar-refractivity contribution in [1.29, 1.82) is 0 Å². The Morgan fingerprint density at radius 3 is 2.71 bits per heavy atom. The average molecular weight is 240 g/mol. The number of hydrogen-bond acceptors (Lipinski definition) is 2. The summed E-state index contributed by atoms with van der Waals surface area (Å²) in [6, 6.07) is 3.72. The highest BCUT2D eigenvalue weighted by Gasteiger charge is 2.10. The molecule has 14 heavy (non-hydrogen) atoms. The predicted octanol–water partition coefficient (Wildman–Crippen LogP) is 2.28. The summed E-state index contributed by atoms with van der Waals surface area (Å²) in [4.78, 5) is 0. The van der Waals surface area contributed by atoms with Gasteiger partial charge < -0.3 is 10.8 Å². The molecule has 1 rings (SSSR count). The Morgan fingerprint density at radius 2 is 2.14 bits per heavy atom. The third-order valence-electron chi connectivity index (χ3n) is 1.80. The molecule has 0 aromatic heterocycles. The van der Waals surface area contributed by atoms with Crippen LogP contribution in [0.5, 0.6) is 0 Å². The smallest absolute Gasteiger partial charge is 0.128 e. The molecule has 0 aliphatic carbocycles. The van der Waals surface area contributed by atoms with Crippen molar-refractivity contribution in [3.63, 3.8) is 0 Å². The molecule has 1 atom stereocenters. The van der Waals surface area contributed by atoms with Crippen molar-refractivity contribution in [2.75, 3.05) is 6.61 Å². The van der Waals surface area contributed by atoms with Crippen molar-refractivity contribution in [3.8, 4) is 0 Å². The van der Waals surface area contributed by atoms with Gasteiger partial charge in [-0.15, -0.1) is 12.4 Å². The largest absolute Gasteiger partial charge is 0.396 e. The molecule has 1 aromatic rings. The van der Waals surface area contributed by atoms with Gasteiger partial charge in [0.25, 0.3) is 0 Å². The van der Waals surface area contributed by atoms with Gasteiger partial charge in [0.15, 0.2) is 0 Å². The van der Waals surface area contributed by atoms with E-state index in [2.05, 4.69) is 0 Å². The summed E-state index contributed by atoms with van der Waals surface area (Å²) in [7, 11) is 0. The Kier molecular flexibility index (Phi) is 6.04. The van der Waals surface area contributed by atoms with Gasteiger partial charge >= 0.3 is 0 Å². The van der Waals surface area contributed by atoms with Crippen LogP contribution in [0.1, 0.15) is 18.0 Å². The molecule has 0 saturated heterocycles. The van der Waals surface area contributed by atoms with Gasteiger partial charge in [0.2, 0.25) is 0 Å². The summed E-state index contributed by atoms with van der Waals surface area (Å²) in [5.74, 6) is -0.384. The second-order valence-corrected chi connectivity index (χ2v) is 3.22. The van der Waals surface area contributed by atoms with Gasteiger partial charge in [-0.1, -0.05) is 11.6 Å². The fraction of sp³-hybridized carbons (Fsp3) is 0.333. The molecule has 0 aliphatic heterocycles. The van der Waals surface area contributed by atoms with E-state index in [4.69, 9.17) is 22.4 Å². The van der Waals surface area contributed by atoms with Crippen LogP contribution in [0.2, 0.25) is 5.02 Å². The molecule has 2 nitrogen and oxygen atoms in total. The zero-order chi connectivity index (χ0) is 9.84. The molecule has 80 valence electrons. The van der Waals surface area contributed by atoms with Crippen LogP contribution < -0.4 is 5.73 Å². The van der Waals surface area contributed by atoms with Gasteiger partial charge in [-0.05, 0) is 24.6 Å². The molecule has 5 heteroatoms. The van der Waals surface area contributed by atoms with Crippen LogP contribution in [-0.4, -0.2) is 11.7 Å². The Bertz CT molecular complexity index is 296. The van der Waals surface area contributed by atoms with Crippen LogP contribution >= 0.6 is 24.0 Å². The normalized spacial score (nSPS) is 12.0. The highest BCUT2D eigenvalue weighted by atomic mass is 35.5. The maximum Gasteiger partial charge on any atom is 0.128 e. The minimum absolute atomic E-state index is 0. The average Bonchev–Trinajstić information content (AvgIpc) is 2.09. The molecular formula is C9H12Cl2FNO. The summed E-state index contributed by atoms with van der Waals surface area (Å²) < 4.78 is 13.1. The van der Waals surface area contributed by atoms with Crippen molar-refractivity contribution < 1.29 is 9.50 Å². The van der Waals surface area contributed by atoms with E-state index < -0.39 is 6.04 Å². The van der Waals surface area contributed by atoms with Gasteiger partial charge in [-0.25, -0.2) is 4.39 Å². The van der Waals surface area contributed by atoms with E-state index in [1.807, 2.05) is 0 Å². The van der Waals surface area contributed by atoms with E-state index >= 15 is 0 Å². The van der Waals surface area contributed by atoms with Crippen molar-refractivity contribution in [3.05, 3.63) is 34.6 Å². The molecule has 0 amide bonds. The number of hydrogen-bond donors (Lipinski definition) is 2. The lowest BCUT2D eigenvalue weighted by molar-refractivity contribution is 0.275. The first-order chi connectivity index (χ1) is 6.15. The summed E-state index contributed by atoms with van der Waals surface area (Å²) in [6.45, 7) is -0.0624. The summed E-state index contributed by atoms with van der Waals surface area (Å²) in [6.07, 6.45) is 0.331. The highest BCUT2D eigenvalue weighted by Crippen LogP contribution is 2.21. The molecule has 1 unspecified atom stereocenters. The molecule has 0 heterocycles. The van der Waals surface area contributed by atoms with E-state index in [-0.39, 0.29) is 24.8 Å². The van der Waals surface area contributed by atoms with Crippen molar-refractivity contribution >= 4 is 24.0 Å². The Morgan fingerprint density at radius 1 is 1.50 bits per heavy atom. The van der Waals surface area contributed by atoms with Crippen LogP contribution in [0.4, 0.5) is 4.39 Å². The van der Waals surface area contributed by atoms with Crippen LogP contribution in [0.3, 0.4) is 0 Å². The van der Waals surface area contributed by atoms with E-state index in [0.717, 1.165) is 0 Å². The van der Waals surface area contributed by atoms with Crippen LogP contribution in [0, 0.1) is 5.82 Å². The van der Waals surface area contributed by atoms with Gasteiger partial charge in [0.05, 0.1) is 0 Å². The fourth-order valence-corrected chi connectivity index (χ4v) is 1.27. The maximum atomic E-state index is 13.1. The molecule has 3 N–H and O–H groups in total. The SMILES string of the molecule is Cl.NC(CCO)c1cc(Cl)ccc1F. The minimum Gasteiger partial charge on any atom is -0.396 e. The van der Waals surface area contributed by atoms with Crippen LogP contribution in [0.15, 0.2) is 18.2 Å². The first kappa shape index (κ1) is 13.7. The number of aliphatic hydroxyl groups is 1. The lowest BCUT2D eigenvalue weighted by Crippen LogP contribution is -2.13. The number of halogens is 3. The Hall–Kier alpha value is -0.350. The Balaban J connectivity index is 0.00000169. The van der Waals surface area contributed by atoms with Crippen LogP contribution in [0.25, 0.3) is 0 Å². The molecule has 1 aromatic carbocycles. The first-order valence-corrected chi connectivity index (χ1v) is 4.34. The third kappa shape index (κ3) is 3.42. The van der Waals surface area contributed by atoms with E-state index in [1.54, 1.807) is 0 Å². The molecule has 0 bridgehead atoms. The number of aliphatic hydroxyl groups excluding tert-OH is 1. The molecule has 0 saturated carbocycles. The zero-order valence-electron chi connectivity index (χ0n) is 7.41. The quantitative estimate of drug-likeness (QED) is 0.851. The standard InChI is InChI=1S/C9H11ClFNO.ClH/c10-6-1-2-8(11)7(5-6)9(12)3-4-13;/h1-2,5,9,13H,3-4,12H2;1H. The van der Waals surface area contributed by atoms with Crippen molar-refractivity contribution in [2.24, 2.45) is 5.73 Å². The van der Waals surface area contributed by atoms with Crippen molar-refractivity contribution in [2.45, 2.75) is 12.5 Å². The molecular weight excluding hydrogens is 228 g/mol. The van der Waals surface area contributed by atoms with Gasteiger partial charge in [0, 0.05) is 23.2 Å².